The minimum atomic E-state index is 0.240. The Morgan fingerprint density at radius 1 is 1.26 bits per heavy atom. The topological polar surface area (TPSA) is 32.8 Å². The molecule has 23 heavy (non-hydrogen) atoms. The quantitative estimate of drug-likeness (QED) is 0.851. The Labute approximate surface area is 142 Å². The van der Waals surface area contributed by atoms with E-state index in [1.54, 1.807) is 0 Å². The van der Waals surface area contributed by atoms with E-state index in [-0.39, 0.29) is 5.92 Å². The molecule has 3 fully saturated rings. The van der Waals surface area contributed by atoms with Crippen LogP contribution in [0.3, 0.4) is 0 Å². The van der Waals surface area contributed by atoms with Crippen molar-refractivity contribution in [3.63, 3.8) is 0 Å². The van der Waals surface area contributed by atoms with E-state index in [1.165, 1.54) is 9.75 Å². The first-order valence-corrected chi connectivity index (χ1v) is 9.62. The molecule has 1 aromatic heterocycles. The Hall–Kier alpha value is -0.910. The molecule has 2 aliphatic heterocycles. The van der Waals surface area contributed by atoms with E-state index < -0.39 is 0 Å². The van der Waals surface area contributed by atoms with Gasteiger partial charge in [0.2, 0.25) is 5.91 Å². The summed E-state index contributed by atoms with van der Waals surface area (Å²) in [4.78, 5) is 20.3. The highest BCUT2D eigenvalue weighted by molar-refractivity contribution is 7.12. The predicted octanol–water partition coefficient (Wildman–Crippen LogP) is 2.34. The maximum atomic E-state index is 12.9. The van der Waals surface area contributed by atoms with E-state index in [1.807, 2.05) is 11.3 Å². The van der Waals surface area contributed by atoms with Crippen molar-refractivity contribution in [2.45, 2.75) is 32.2 Å². The molecule has 3 aliphatic rings. The molecule has 4 nitrogen and oxygen atoms in total. The first-order valence-electron chi connectivity index (χ1n) is 8.80. The average Bonchev–Trinajstić information content (AvgIpc) is 3.09. The number of carbonyl (C=O) groups excluding carboxylic acids is 1. The minimum absolute atomic E-state index is 0.240. The van der Waals surface area contributed by atoms with Gasteiger partial charge in [0.1, 0.15) is 0 Å². The highest BCUT2D eigenvalue weighted by atomic mass is 32.1. The third kappa shape index (κ3) is 3.06. The summed E-state index contributed by atoms with van der Waals surface area (Å²) < 4.78 is 5.46. The van der Waals surface area contributed by atoms with Crippen LogP contribution in [0.15, 0.2) is 12.1 Å². The highest BCUT2D eigenvalue weighted by Gasteiger charge is 2.48. The van der Waals surface area contributed by atoms with Gasteiger partial charge >= 0.3 is 0 Å². The van der Waals surface area contributed by atoms with E-state index >= 15 is 0 Å². The molecule has 0 aromatic carbocycles. The maximum Gasteiger partial charge on any atom is 0.226 e. The zero-order chi connectivity index (χ0) is 16.0. The fraction of sp³-hybridized carbons (Fsp3) is 0.722. The van der Waals surface area contributed by atoms with Gasteiger partial charge in [-0.05, 0) is 31.4 Å². The molecule has 4 atom stereocenters. The smallest absolute Gasteiger partial charge is 0.226 e. The summed E-state index contributed by atoms with van der Waals surface area (Å²) in [6.07, 6.45) is 1.05. The number of aryl methyl sites for hydroxylation is 1. The summed E-state index contributed by atoms with van der Waals surface area (Å²) in [5.74, 6) is 1.68. The molecule has 126 valence electrons. The zero-order valence-electron chi connectivity index (χ0n) is 14.0. The van der Waals surface area contributed by atoms with Crippen molar-refractivity contribution >= 4 is 17.2 Å². The van der Waals surface area contributed by atoms with Gasteiger partial charge in [-0.1, -0.05) is 6.92 Å². The Kier molecular flexibility index (Phi) is 4.20. The van der Waals surface area contributed by atoms with Gasteiger partial charge in [0.25, 0.3) is 0 Å². The van der Waals surface area contributed by atoms with Gasteiger partial charge in [0.15, 0.2) is 0 Å². The lowest BCUT2D eigenvalue weighted by Crippen LogP contribution is -2.47. The number of hydrogen-bond donors (Lipinski definition) is 0. The molecule has 0 N–H and O–H groups in total. The summed E-state index contributed by atoms with van der Waals surface area (Å²) in [6, 6.07) is 4.90. The number of morpholine rings is 1. The number of hydrogen-bond acceptors (Lipinski definition) is 4. The Morgan fingerprint density at radius 3 is 2.74 bits per heavy atom. The molecule has 0 unspecified atom stereocenters. The number of ether oxygens (including phenoxy) is 1. The van der Waals surface area contributed by atoms with Gasteiger partial charge in [-0.15, -0.1) is 11.3 Å². The van der Waals surface area contributed by atoms with Crippen LogP contribution in [0.25, 0.3) is 0 Å². The summed E-state index contributed by atoms with van der Waals surface area (Å²) in [7, 11) is 0. The SMILES string of the molecule is Cc1ccc([C@@H]2C[C@@H]2C(=O)N2C[C@@H](N3CCOCC3)[C@@H](C)C2)s1. The van der Waals surface area contributed by atoms with Crippen LogP contribution in [0.1, 0.15) is 29.0 Å². The van der Waals surface area contributed by atoms with Crippen LogP contribution in [0.5, 0.6) is 0 Å². The van der Waals surface area contributed by atoms with Gasteiger partial charge in [-0.3, -0.25) is 9.69 Å². The van der Waals surface area contributed by atoms with Crippen molar-refractivity contribution in [1.29, 1.82) is 0 Å². The summed E-state index contributed by atoms with van der Waals surface area (Å²) in [5.41, 5.74) is 0. The molecule has 3 heterocycles. The summed E-state index contributed by atoms with van der Waals surface area (Å²) in [5, 5.41) is 0. The number of rotatable bonds is 3. The van der Waals surface area contributed by atoms with Gasteiger partial charge in [-0.2, -0.15) is 0 Å². The van der Waals surface area contributed by atoms with E-state index in [0.29, 0.717) is 23.8 Å². The van der Waals surface area contributed by atoms with E-state index in [2.05, 4.69) is 35.8 Å². The molecule has 2 saturated heterocycles. The van der Waals surface area contributed by atoms with E-state index in [0.717, 1.165) is 45.8 Å². The maximum absolute atomic E-state index is 12.9. The van der Waals surface area contributed by atoms with Crippen LogP contribution >= 0.6 is 11.3 Å². The lowest BCUT2D eigenvalue weighted by atomic mass is 10.0. The average molecular weight is 334 g/mol. The normalized spacial score (nSPS) is 34.8. The fourth-order valence-electron chi connectivity index (χ4n) is 4.18. The number of likely N-dealkylation sites (tertiary alicyclic amines) is 1. The van der Waals surface area contributed by atoms with Crippen LogP contribution in [0, 0.1) is 18.8 Å². The van der Waals surface area contributed by atoms with Crippen molar-refractivity contribution in [1.82, 2.24) is 9.80 Å². The Morgan fingerprint density at radius 2 is 2.04 bits per heavy atom. The lowest BCUT2D eigenvalue weighted by molar-refractivity contribution is -0.131. The van der Waals surface area contributed by atoms with Crippen molar-refractivity contribution < 1.29 is 9.53 Å². The molecule has 5 heteroatoms. The monoisotopic (exact) mass is 334 g/mol. The Bertz CT molecular complexity index is 581. The number of thiophene rings is 1. The summed E-state index contributed by atoms with van der Waals surface area (Å²) in [6.45, 7) is 9.96. The second-order valence-corrected chi connectivity index (χ2v) is 8.65. The minimum Gasteiger partial charge on any atom is -0.379 e. The van der Waals surface area contributed by atoms with Crippen LogP contribution in [0.2, 0.25) is 0 Å². The Balaban J connectivity index is 1.36. The van der Waals surface area contributed by atoms with Crippen LogP contribution < -0.4 is 0 Å². The first kappa shape index (κ1) is 15.6. The second kappa shape index (κ2) is 6.19. The van der Waals surface area contributed by atoms with Crippen LogP contribution in [0.4, 0.5) is 0 Å². The third-order valence-corrected chi connectivity index (χ3v) is 6.77. The molecule has 0 spiro atoms. The number of carbonyl (C=O) groups is 1. The van der Waals surface area contributed by atoms with Gasteiger partial charge in [-0.25, -0.2) is 0 Å². The second-order valence-electron chi connectivity index (χ2n) is 7.33. The largest absolute Gasteiger partial charge is 0.379 e. The van der Waals surface area contributed by atoms with Crippen molar-refractivity contribution in [3.05, 3.63) is 21.9 Å². The van der Waals surface area contributed by atoms with Crippen molar-refractivity contribution in [2.24, 2.45) is 11.8 Å². The molecular formula is C18H26N2O2S. The number of nitrogens with zero attached hydrogens (tertiary/aromatic N) is 2. The third-order valence-electron chi connectivity index (χ3n) is 5.63. The molecular weight excluding hydrogens is 308 g/mol. The van der Waals surface area contributed by atoms with E-state index in [4.69, 9.17) is 4.74 Å². The van der Waals surface area contributed by atoms with Crippen LogP contribution in [-0.4, -0.2) is 61.1 Å². The van der Waals surface area contributed by atoms with E-state index in [9.17, 15) is 4.79 Å². The fourth-order valence-corrected chi connectivity index (χ4v) is 5.24. The highest BCUT2D eigenvalue weighted by Crippen LogP contribution is 2.51. The molecule has 0 radical (unpaired) electrons. The van der Waals surface area contributed by atoms with Gasteiger partial charge in [0.05, 0.1) is 13.2 Å². The lowest BCUT2D eigenvalue weighted by Gasteiger charge is -2.34. The number of amides is 1. The molecule has 0 bridgehead atoms. The molecule has 1 aromatic rings. The summed E-state index contributed by atoms with van der Waals surface area (Å²) >= 11 is 1.85. The molecule has 4 rings (SSSR count). The first-order chi connectivity index (χ1) is 11.1. The molecule has 1 saturated carbocycles. The van der Waals surface area contributed by atoms with Gasteiger partial charge < -0.3 is 9.64 Å². The van der Waals surface area contributed by atoms with Gasteiger partial charge in [0, 0.05) is 53.8 Å². The van der Waals surface area contributed by atoms with Crippen LogP contribution in [-0.2, 0) is 9.53 Å². The zero-order valence-corrected chi connectivity index (χ0v) is 14.8. The molecule has 1 aliphatic carbocycles. The molecule has 1 amide bonds. The predicted molar refractivity (Wildman–Crippen MR) is 91.8 cm³/mol. The van der Waals surface area contributed by atoms with Crippen molar-refractivity contribution in [3.8, 4) is 0 Å². The van der Waals surface area contributed by atoms with Crippen molar-refractivity contribution in [2.75, 3.05) is 39.4 Å². The standard InChI is InChI=1S/C18H26N2O2S/c1-12-10-20(11-16(12)19-5-7-22-8-6-19)18(21)15-9-14(15)17-4-3-13(2)23-17/h3-4,12,14-16H,5-11H2,1-2H3/t12-,14+,15-,16+/m0/s1.